The monoisotopic (exact) mass is 459 g/mol. The van der Waals surface area contributed by atoms with Gasteiger partial charge in [0.1, 0.15) is 5.56 Å². The molecule has 0 unspecified atom stereocenters. The molecule has 1 amide bonds. The second-order valence-electron chi connectivity index (χ2n) is 7.00. The first kappa shape index (κ1) is 20.2. The number of nitrogens with zero attached hydrogens (tertiary/aromatic N) is 4. The minimum Gasteiger partial charge on any atom is -0.320 e. The Morgan fingerprint density at radius 1 is 0.875 bits per heavy atom. The predicted octanol–water partition coefficient (Wildman–Crippen LogP) is 6.02. The summed E-state index contributed by atoms with van der Waals surface area (Å²) in [5, 5.41) is 8.53. The Bertz CT molecular complexity index is 1430. The van der Waals surface area contributed by atoms with E-state index in [9.17, 15) is 4.79 Å². The summed E-state index contributed by atoms with van der Waals surface area (Å²) in [6.45, 7) is 0. The molecule has 1 N–H and O–H groups in total. The number of hydrogen-bond donors (Lipinski definition) is 1. The van der Waals surface area contributed by atoms with Gasteiger partial charge in [0.05, 0.1) is 23.8 Å². The fourth-order valence-corrected chi connectivity index (χ4v) is 3.85. The third kappa shape index (κ3) is 3.70. The van der Waals surface area contributed by atoms with E-state index in [0.717, 1.165) is 22.4 Å². The van der Waals surface area contributed by atoms with Crippen molar-refractivity contribution in [3.05, 3.63) is 101 Å². The molecule has 3 heterocycles. The number of fused-ring (bicyclic) bond motifs is 1. The Hall–Kier alpha value is -3.74. The number of halogens is 2. The number of hydrogen-bond acceptors (Lipinski definition) is 4. The van der Waals surface area contributed by atoms with Crippen molar-refractivity contribution in [1.29, 1.82) is 0 Å². The van der Waals surface area contributed by atoms with Crippen LogP contribution in [0.1, 0.15) is 10.4 Å². The highest BCUT2D eigenvalue weighted by atomic mass is 35.5. The summed E-state index contributed by atoms with van der Waals surface area (Å²) in [5.74, 6) is -0.326. The molecule has 0 aliphatic heterocycles. The van der Waals surface area contributed by atoms with E-state index in [1.807, 2.05) is 36.4 Å². The second kappa shape index (κ2) is 8.42. The molecule has 2 aromatic carbocycles. The van der Waals surface area contributed by atoms with Gasteiger partial charge < -0.3 is 5.32 Å². The Morgan fingerprint density at radius 2 is 1.69 bits per heavy atom. The van der Waals surface area contributed by atoms with Crippen LogP contribution in [0.2, 0.25) is 10.0 Å². The predicted molar refractivity (Wildman–Crippen MR) is 126 cm³/mol. The average Bonchev–Trinajstić information content (AvgIpc) is 3.25. The van der Waals surface area contributed by atoms with Gasteiger partial charge in [0.2, 0.25) is 0 Å². The lowest BCUT2D eigenvalue weighted by Gasteiger charge is -2.13. The highest BCUT2D eigenvalue weighted by Crippen LogP contribution is 2.36. The van der Waals surface area contributed by atoms with E-state index in [4.69, 9.17) is 23.2 Å². The van der Waals surface area contributed by atoms with Crippen molar-refractivity contribution in [2.24, 2.45) is 0 Å². The summed E-state index contributed by atoms with van der Waals surface area (Å²) in [7, 11) is 0. The molecule has 0 atom stereocenters. The Balaban J connectivity index is 1.69. The van der Waals surface area contributed by atoms with Crippen LogP contribution < -0.4 is 5.32 Å². The molecule has 5 rings (SSSR count). The van der Waals surface area contributed by atoms with Gasteiger partial charge in [-0.15, -0.1) is 0 Å². The first-order valence-corrected chi connectivity index (χ1v) is 10.5. The molecule has 8 heteroatoms. The molecule has 0 saturated heterocycles. The zero-order chi connectivity index (χ0) is 22.1. The fraction of sp³-hybridized carbons (Fsp3) is 0. The van der Waals surface area contributed by atoms with Gasteiger partial charge in [-0.25, -0.2) is 9.50 Å². The minimum atomic E-state index is -0.326. The van der Waals surface area contributed by atoms with E-state index >= 15 is 0 Å². The van der Waals surface area contributed by atoms with Crippen molar-refractivity contribution in [2.45, 2.75) is 0 Å². The molecule has 0 bridgehead atoms. The third-order valence-electron chi connectivity index (χ3n) is 4.97. The molecule has 3 aromatic heterocycles. The zero-order valence-electron chi connectivity index (χ0n) is 16.5. The number of carbonyl (C=O) groups excluding carboxylic acids is 1. The van der Waals surface area contributed by atoms with E-state index in [0.29, 0.717) is 26.9 Å². The second-order valence-corrected chi connectivity index (χ2v) is 7.84. The largest absolute Gasteiger partial charge is 0.320 e. The summed E-state index contributed by atoms with van der Waals surface area (Å²) in [6, 6.07) is 18.4. The third-order valence-corrected chi connectivity index (χ3v) is 5.55. The van der Waals surface area contributed by atoms with Crippen LogP contribution in [-0.2, 0) is 0 Å². The van der Waals surface area contributed by atoms with E-state index in [-0.39, 0.29) is 5.91 Å². The van der Waals surface area contributed by atoms with Crippen LogP contribution in [0.25, 0.3) is 28.0 Å². The number of anilines is 1. The molecule has 0 aliphatic carbocycles. The van der Waals surface area contributed by atoms with Crippen LogP contribution in [0, 0.1) is 0 Å². The van der Waals surface area contributed by atoms with Crippen LogP contribution in [0.5, 0.6) is 0 Å². The maximum absolute atomic E-state index is 12.9. The fourth-order valence-electron chi connectivity index (χ4n) is 3.49. The van der Waals surface area contributed by atoms with Crippen LogP contribution in [-0.4, -0.2) is 25.5 Å². The number of amides is 1. The molecule has 0 spiro atoms. The van der Waals surface area contributed by atoms with Gasteiger partial charge in [-0.1, -0.05) is 53.5 Å². The van der Waals surface area contributed by atoms with Gasteiger partial charge in [0.15, 0.2) is 5.65 Å². The molecule has 32 heavy (non-hydrogen) atoms. The van der Waals surface area contributed by atoms with E-state index in [1.54, 1.807) is 47.4 Å². The lowest BCUT2D eigenvalue weighted by Crippen LogP contribution is -2.12. The maximum atomic E-state index is 12.9. The highest BCUT2D eigenvalue weighted by molar-refractivity contribution is 6.33. The summed E-state index contributed by atoms with van der Waals surface area (Å²) in [6.07, 6.45) is 6.43. The lowest BCUT2D eigenvalue weighted by atomic mass is 10.0. The minimum absolute atomic E-state index is 0.326. The lowest BCUT2D eigenvalue weighted by molar-refractivity contribution is 0.102. The Labute approximate surface area is 193 Å². The van der Waals surface area contributed by atoms with Gasteiger partial charge >= 0.3 is 0 Å². The first-order chi connectivity index (χ1) is 15.6. The summed E-state index contributed by atoms with van der Waals surface area (Å²) in [5.41, 5.74) is 4.56. The number of pyridine rings is 1. The Kier molecular flexibility index (Phi) is 5.31. The SMILES string of the molecule is O=C(Nc1cccnc1)c1cnn2c(-c3ccc(Cl)cc3)c(-c3ccccc3Cl)cnc12. The van der Waals surface area contributed by atoms with E-state index in [2.05, 4.69) is 20.4 Å². The molecule has 5 aromatic rings. The molecule has 0 radical (unpaired) electrons. The number of aromatic nitrogens is 4. The standard InChI is InChI=1S/C24H15Cl2N5O/c25-16-9-7-15(8-10-16)22-19(18-5-1-2-6-21(18)26)13-28-23-20(14-29-31(22)23)24(32)30-17-4-3-11-27-12-17/h1-14H,(H,30,32). The van der Waals surface area contributed by atoms with Crippen LogP contribution >= 0.6 is 23.2 Å². The highest BCUT2D eigenvalue weighted by Gasteiger charge is 2.21. The van der Waals surface area contributed by atoms with Gasteiger partial charge in [0.25, 0.3) is 5.91 Å². The molecule has 0 saturated carbocycles. The van der Waals surface area contributed by atoms with Crippen LogP contribution in [0.4, 0.5) is 5.69 Å². The molecule has 6 nitrogen and oxygen atoms in total. The van der Waals surface area contributed by atoms with Crippen molar-refractivity contribution in [1.82, 2.24) is 19.6 Å². The number of benzene rings is 2. The van der Waals surface area contributed by atoms with E-state index < -0.39 is 0 Å². The maximum Gasteiger partial charge on any atom is 0.261 e. The molecule has 0 aliphatic rings. The summed E-state index contributed by atoms with van der Waals surface area (Å²) in [4.78, 5) is 21.5. The van der Waals surface area contributed by atoms with Crippen molar-refractivity contribution < 1.29 is 4.79 Å². The van der Waals surface area contributed by atoms with Crippen molar-refractivity contribution in [3.63, 3.8) is 0 Å². The smallest absolute Gasteiger partial charge is 0.261 e. The quantitative estimate of drug-likeness (QED) is 0.356. The topological polar surface area (TPSA) is 72.2 Å². The van der Waals surface area contributed by atoms with Gasteiger partial charge in [-0.3, -0.25) is 9.78 Å². The van der Waals surface area contributed by atoms with Crippen molar-refractivity contribution in [3.8, 4) is 22.4 Å². The molecule has 156 valence electrons. The van der Waals surface area contributed by atoms with Crippen LogP contribution in [0.15, 0.2) is 85.5 Å². The van der Waals surface area contributed by atoms with Crippen LogP contribution in [0.3, 0.4) is 0 Å². The van der Waals surface area contributed by atoms with E-state index in [1.165, 1.54) is 6.20 Å². The molecular weight excluding hydrogens is 445 g/mol. The van der Waals surface area contributed by atoms with Crippen molar-refractivity contribution >= 4 is 40.4 Å². The van der Waals surface area contributed by atoms with Crippen molar-refractivity contribution in [2.75, 3.05) is 5.32 Å². The summed E-state index contributed by atoms with van der Waals surface area (Å²) < 4.78 is 1.65. The Morgan fingerprint density at radius 3 is 2.44 bits per heavy atom. The normalized spacial score (nSPS) is 10.9. The number of nitrogens with one attached hydrogen (secondary N) is 1. The van der Waals surface area contributed by atoms with Gasteiger partial charge in [-0.05, 0) is 30.3 Å². The van der Waals surface area contributed by atoms with Gasteiger partial charge in [0, 0.05) is 39.1 Å². The number of rotatable bonds is 4. The zero-order valence-corrected chi connectivity index (χ0v) is 18.0. The number of carbonyl (C=O) groups is 1. The van der Waals surface area contributed by atoms with Gasteiger partial charge in [-0.2, -0.15) is 5.10 Å². The molecule has 0 fully saturated rings. The first-order valence-electron chi connectivity index (χ1n) is 9.71. The summed E-state index contributed by atoms with van der Waals surface area (Å²) >= 11 is 12.6. The average molecular weight is 460 g/mol. The molecular formula is C24H15Cl2N5O.